The Hall–Kier alpha value is -2.28. The minimum absolute atomic E-state index is 0.0879. The van der Waals surface area contributed by atoms with Gasteiger partial charge in [0, 0.05) is 12.3 Å². The molecule has 23 heavy (non-hydrogen) atoms. The highest BCUT2D eigenvalue weighted by Gasteiger charge is 2.27. The Labute approximate surface area is 135 Å². The molecule has 0 atom stereocenters. The summed E-state index contributed by atoms with van der Waals surface area (Å²) in [6, 6.07) is 3.17. The maximum Gasteiger partial charge on any atom is 0.225 e. The number of piperidine rings is 1. The molecule has 2 rings (SSSR count). The number of likely N-dealkylation sites (tertiary alicyclic amines) is 1. The third kappa shape index (κ3) is 4.35. The van der Waals surface area contributed by atoms with E-state index in [2.05, 4.69) is 20.5 Å². The summed E-state index contributed by atoms with van der Waals surface area (Å²) in [5.41, 5.74) is 0.582. The predicted octanol–water partition coefficient (Wildman–Crippen LogP) is 1.52. The van der Waals surface area contributed by atoms with Gasteiger partial charge < -0.3 is 15.5 Å². The van der Waals surface area contributed by atoms with Crippen LogP contribution in [0.1, 0.15) is 36.7 Å². The van der Waals surface area contributed by atoms with Crippen LogP contribution in [0.4, 0.5) is 11.5 Å². The van der Waals surface area contributed by atoms with Crippen LogP contribution in [0.25, 0.3) is 0 Å². The minimum Gasteiger partial charge on any atom is -0.327 e. The maximum atomic E-state index is 12.8. The van der Waals surface area contributed by atoms with Gasteiger partial charge in [-0.05, 0) is 45.1 Å². The monoisotopic (exact) mass is 318 g/mol. The van der Waals surface area contributed by atoms with Crippen molar-refractivity contribution in [3.8, 4) is 0 Å². The van der Waals surface area contributed by atoms with E-state index in [-0.39, 0.29) is 23.3 Å². The van der Waals surface area contributed by atoms with Crippen molar-refractivity contribution in [1.29, 1.82) is 0 Å². The summed E-state index contributed by atoms with van der Waals surface area (Å²) in [5, 5.41) is 5.15. The normalized spacial score (nSPS) is 15.9. The van der Waals surface area contributed by atoms with Crippen LogP contribution in [0, 0.1) is 5.92 Å². The van der Waals surface area contributed by atoms with Gasteiger partial charge in [-0.2, -0.15) is 0 Å². The Morgan fingerprint density at radius 1 is 1.35 bits per heavy atom. The molecular weight excluding hydrogens is 296 g/mol. The first-order chi connectivity index (χ1) is 11.0. The van der Waals surface area contributed by atoms with E-state index in [1.807, 2.05) is 7.05 Å². The Morgan fingerprint density at radius 2 is 2.04 bits per heavy atom. The van der Waals surface area contributed by atoms with Crippen molar-refractivity contribution in [2.45, 2.75) is 26.2 Å². The van der Waals surface area contributed by atoms with Crippen molar-refractivity contribution in [3.05, 3.63) is 17.8 Å². The Kier molecular flexibility index (Phi) is 5.81. The van der Waals surface area contributed by atoms with Crippen LogP contribution in [0.15, 0.2) is 12.1 Å². The average molecular weight is 318 g/mol. The quantitative estimate of drug-likeness (QED) is 0.613. The van der Waals surface area contributed by atoms with E-state index in [0.29, 0.717) is 24.3 Å². The van der Waals surface area contributed by atoms with Crippen LogP contribution in [0.5, 0.6) is 0 Å². The summed E-state index contributed by atoms with van der Waals surface area (Å²) in [7, 11) is 2.03. The number of nitrogens with zero attached hydrogens (tertiary/aromatic N) is 2. The second-order valence-corrected chi connectivity index (χ2v) is 5.70. The third-order valence-electron chi connectivity index (χ3n) is 4.02. The summed E-state index contributed by atoms with van der Waals surface area (Å²) < 4.78 is 0. The van der Waals surface area contributed by atoms with E-state index in [1.54, 1.807) is 19.1 Å². The molecular formula is C16H22N4O3. The molecule has 0 spiro atoms. The number of hydrogen-bond acceptors (Lipinski definition) is 5. The highest BCUT2D eigenvalue weighted by atomic mass is 16.2. The van der Waals surface area contributed by atoms with Crippen molar-refractivity contribution in [1.82, 2.24) is 9.88 Å². The number of hydrogen-bond donors (Lipinski definition) is 2. The van der Waals surface area contributed by atoms with E-state index >= 15 is 0 Å². The van der Waals surface area contributed by atoms with E-state index < -0.39 is 0 Å². The highest BCUT2D eigenvalue weighted by molar-refractivity contribution is 6.03. The van der Waals surface area contributed by atoms with Gasteiger partial charge in [0.1, 0.15) is 11.5 Å². The van der Waals surface area contributed by atoms with Crippen molar-refractivity contribution >= 4 is 29.6 Å². The van der Waals surface area contributed by atoms with Gasteiger partial charge in [0.15, 0.2) is 5.78 Å². The molecule has 7 nitrogen and oxygen atoms in total. The Balaban J connectivity index is 2.25. The fraction of sp³-hybridized carbons (Fsp3) is 0.500. The molecule has 0 radical (unpaired) electrons. The summed E-state index contributed by atoms with van der Waals surface area (Å²) in [6.45, 7) is 3.46. The molecule has 2 heterocycles. The molecule has 0 saturated carbocycles. The zero-order valence-electron chi connectivity index (χ0n) is 13.5. The zero-order chi connectivity index (χ0) is 16.8. The minimum atomic E-state index is -0.175. The Morgan fingerprint density at radius 3 is 2.65 bits per heavy atom. The SMILES string of the molecule is CCC(=O)Nc1ccc(NC=O)c(C(=O)C2CCN(C)CC2)n1. The van der Waals surface area contributed by atoms with Crippen LogP contribution in [-0.2, 0) is 9.59 Å². The first-order valence-electron chi connectivity index (χ1n) is 7.79. The number of rotatable bonds is 6. The lowest BCUT2D eigenvalue weighted by molar-refractivity contribution is -0.116. The Bertz CT molecular complexity index is 595. The molecule has 2 amide bonds. The lowest BCUT2D eigenvalue weighted by Gasteiger charge is -2.28. The van der Waals surface area contributed by atoms with Crippen molar-refractivity contribution < 1.29 is 14.4 Å². The fourth-order valence-corrected chi connectivity index (χ4v) is 2.59. The standard InChI is InChI=1S/C16H22N4O3/c1-3-14(22)18-13-5-4-12(17-10-21)15(19-13)16(23)11-6-8-20(2)9-7-11/h4-5,10-11H,3,6-9H2,1-2H3,(H,17,21)(H,18,19,22). The van der Waals surface area contributed by atoms with Gasteiger partial charge in [0.25, 0.3) is 0 Å². The fourth-order valence-electron chi connectivity index (χ4n) is 2.59. The van der Waals surface area contributed by atoms with Crippen molar-refractivity contribution in [3.63, 3.8) is 0 Å². The van der Waals surface area contributed by atoms with Crippen LogP contribution in [-0.4, -0.2) is 48.1 Å². The number of carbonyl (C=O) groups excluding carboxylic acids is 3. The predicted molar refractivity (Wildman–Crippen MR) is 87.4 cm³/mol. The molecule has 124 valence electrons. The van der Waals surface area contributed by atoms with Gasteiger partial charge in [-0.15, -0.1) is 0 Å². The van der Waals surface area contributed by atoms with Gasteiger partial charge >= 0.3 is 0 Å². The summed E-state index contributed by atoms with van der Waals surface area (Å²) in [6.07, 6.45) is 2.38. The molecule has 1 saturated heterocycles. The summed E-state index contributed by atoms with van der Waals surface area (Å²) in [5.74, 6) is -0.0473. The topological polar surface area (TPSA) is 91.4 Å². The molecule has 1 aromatic rings. The lowest BCUT2D eigenvalue weighted by atomic mass is 9.90. The molecule has 0 aliphatic carbocycles. The number of carbonyl (C=O) groups is 3. The first kappa shape index (κ1) is 17.1. The second kappa shape index (κ2) is 7.82. The molecule has 1 aromatic heterocycles. The van der Waals surface area contributed by atoms with Gasteiger partial charge in [-0.1, -0.05) is 6.92 Å². The first-order valence-corrected chi connectivity index (χ1v) is 7.79. The van der Waals surface area contributed by atoms with Crippen LogP contribution < -0.4 is 10.6 Å². The maximum absolute atomic E-state index is 12.8. The molecule has 1 aliphatic rings. The molecule has 2 N–H and O–H groups in total. The number of ketones is 1. The van der Waals surface area contributed by atoms with Crippen LogP contribution in [0.3, 0.4) is 0 Å². The molecule has 1 aliphatic heterocycles. The third-order valence-corrected chi connectivity index (χ3v) is 4.02. The number of amides is 2. The van der Waals surface area contributed by atoms with Crippen LogP contribution in [0.2, 0.25) is 0 Å². The summed E-state index contributed by atoms with van der Waals surface area (Å²) >= 11 is 0. The number of pyridine rings is 1. The van der Waals surface area contributed by atoms with E-state index in [9.17, 15) is 14.4 Å². The number of anilines is 2. The summed E-state index contributed by atoms with van der Waals surface area (Å²) in [4.78, 5) is 41.4. The molecule has 7 heteroatoms. The molecule has 0 bridgehead atoms. The highest BCUT2D eigenvalue weighted by Crippen LogP contribution is 2.25. The second-order valence-electron chi connectivity index (χ2n) is 5.70. The number of Topliss-reactive ketones (excluding diaryl/α,β-unsaturated/α-hetero) is 1. The molecule has 1 fully saturated rings. The van der Waals surface area contributed by atoms with Gasteiger partial charge in [-0.3, -0.25) is 14.4 Å². The number of aromatic nitrogens is 1. The van der Waals surface area contributed by atoms with Crippen molar-refractivity contribution in [2.24, 2.45) is 5.92 Å². The van der Waals surface area contributed by atoms with Gasteiger partial charge in [0.2, 0.25) is 12.3 Å². The zero-order valence-corrected chi connectivity index (χ0v) is 13.5. The van der Waals surface area contributed by atoms with E-state index in [4.69, 9.17) is 0 Å². The number of nitrogens with one attached hydrogen (secondary N) is 2. The average Bonchev–Trinajstić information content (AvgIpc) is 2.56. The van der Waals surface area contributed by atoms with Crippen LogP contribution >= 0.6 is 0 Å². The lowest BCUT2D eigenvalue weighted by Crippen LogP contribution is -2.34. The van der Waals surface area contributed by atoms with E-state index in [0.717, 1.165) is 25.9 Å². The largest absolute Gasteiger partial charge is 0.327 e. The molecule has 0 unspecified atom stereocenters. The molecule has 0 aromatic carbocycles. The van der Waals surface area contributed by atoms with Gasteiger partial charge in [0.05, 0.1) is 5.69 Å². The smallest absolute Gasteiger partial charge is 0.225 e. The van der Waals surface area contributed by atoms with Gasteiger partial charge in [-0.25, -0.2) is 4.98 Å². The van der Waals surface area contributed by atoms with Crippen molar-refractivity contribution in [2.75, 3.05) is 30.8 Å². The van der Waals surface area contributed by atoms with E-state index in [1.165, 1.54) is 0 Å².